The molecule has 7 heteroatoms. The monoisotopic (exact) mass is 415 g/mol. The summed E-state index contributed by atoms with van der Waals surface area (Å²) in [4.78, 5) is 23.5. The van der Waals surface area contributed by atoms with Crippen molar-refractivity contribution in [3.05, 3.63) is 61.7 Å². The van der Waals surface area contributed by atoms with Gasteiger partial charge in [-0.3, -0.25) is 10.1 Å². The standard InChI is InChI=1S/C14H10INO4S/c1-20-14(17)9-2-4-10(5-3-9)21-11-6-7-12(15)13(8-11)16(18)19/h2-8H,1H3. The molecule has 2 aromatic carbocycles. The molecule has 0 aliphatic carbocycles. The topological polar surface area (TPSA) is 69.4 Å². The minimum absolute atomic E-state index is 0.0896. The quantitative estimate of drug-likeness (QED) is 0.325. The van der Waals surface area contributed by atoms with Crippen molar-refractivity contribution in [1.82, 2.24) is 0 Å². The molecule has 108 valence electrons. The van der Waals surface area contributed by atoms with Crippen LogP contribution in [0.3, 0.4) is 0 Å². The molecule has 5 nitrogen and oxygen atoms in total. The fourth-order valence-electron chi connectivity index (χ4n) is 1.61. The maximum atomic E-state index is 11.3. The zero-order chi connectivity index (χ0) is 15.4. The molecule has 0 saturated carbocycles. The van der Waals surface area contributed by atoms with Gasteiger partial charge in [-0.05, 0) is 59.0 Å². The van der Waals surface area contributed by atoms with Crippen LogP contribution in [0, 0.1) is 13.7 Å². The van der Waals surface area contributed by atoms with Crippen molar-refractivity contribution >= 4 is 46.0 Å². The molecule has 0 aliphatic rings. The van der Waals surface area contributed by atoms with Gasteiger partial charge in [-0.15, -0.1) is 0 Å². The van der Waals surface area contributed by atoms with Crippen molar-refractivity contribution < 1.29 is 14.5 Å². The van der Waals surface area contributed by atoms with E-state index in [2.05, 4.69) is 4.74 Å². The summed E-state index contributed by atoms with van der Waals surface area (Å²) in [5, 5.41) is 10.9. The van der Waals surface area contributed by atoms with Gasteiger partial charge in [0.25, 0.3) is 5.69 Å². The number of benzene rings is 2. The second-order valence-corrected chi connectivity index (χ2v) is 6.30. The number of esters is 1. The molecule has 0 heterocycles. The van der Waals surface area contributed by atoms with E-state index >= 15 is 0 Å². The van der Waals surface area contributed by atoms with E-state index in [4.69, 9.17) is 0 Å². The van der Waals surface area contributed by atoms with Gasteiger partial charge in [-0.25, -0.2) is 4.79 Å². The van der Waals surface area contributed by atoms with Crippen molar-refractivity contribution in [1.29, 1.82) is 0 Å². The van der Waals surface area contributed by atoms with Gasteiger partial charge in [0.15, 0.2) is 0 Å². The molecule has 0 bridgehead atoms. The van der Waals surface area contributed by atoms with Crippen LogP contribution < -0.4 is 0 Å². The van der Waals surface area contributed by atoms with Crippen molar-refractivity contribution in [2.45, 2.75) is 9.79 Å². The Hall–Kier alpha value is -1.61. The lowest BCUT2D eigenvalue weighted by atomic mass is 10.2. The fraction of sp³-hybridized carbons (Fsp3) is 0.0714. The number of hydrogen-bond donors (Lipinski definition) is 0. The molecule has 0 saturated heterocycles. The van der Waals surface area contributed by atoms with Gasteiger partial charge in [-0.1, -0.05) is 11.8 Å². The minimum atomic E-state index is -0.397. The third kappa shape index (κ3) is 3.94. The highest BCUT2D eigenvalue weighted by molar-refractivity contribution is 14.1. The molecule has 2 rings (SSSR count). The van der Waals surface area contributed by atoms with Gasteiger partial charge in [0.1, 0.15) is 0 Å². The number of ether oxygens (including phenoxy) is 1. The van der Waals surface area contributed by atoms with Crippen LogP contribution in [0.1, 0.15) is 10.4 Å². The van der Waals surface area contributed by atoms with E-state index in [1.165, 1.54) is 18.9 Å². The van der Waals surface area contributed by atoms with E-state index in [0.717, 1.165) is 9.79 Å². The zero-order valence-electron chi connectivity index (χ0n) is 10.9. The Morgan fingerprint density at radius 3 is 2.38 bits per heavy atom. The molecule has 0 fully saturated rings. The van der Waals surface area contributed by atoms with Crippen LogP contribution in [0.5, 0.6) is 0 Å². The molecule has 0 spiro atoms. The highest BCUT2D eigenvalue weighted by atomic mass is 127. The molecule has 0 N–H and O–H groups in total. The maximum absolute atomic E-state index is 11.3. The van der Waals surface area contributed by atoms with Gasteiger partial charge in [0.05, 0.1) is 21.2 Å². The molecule has 0 aliphatic heterocycles. The number of halogens is 1. The van der Waals surface area contributed by atoms with Crippen LogP contribution in [0.4, 0.5) is 5.69 Å². The van der Waals surface area contributed by atoms with Gasteiger partial charge >= 0.3 is 5.97 Å². The molecule has 0 unspecified atom stereocenters. The molecule has 21 heavy (non-hydrogen) atoms. The number of nitro groups is 1. The van der Waals surface area contributed by atoms with Crippen LogP contribution in [0.15, 0.2) is 52.3 Å². The average molecular weight is 415 g/mol. The first-order valence-corrected chi connectivity index (χ1v) is 7.71. The summed E-state index contributed by atoms with van der Waals surface area (Å²) >= 11 is 3.33. The third-order valence-corrected chi connectivity index (χ3v) is 4.54. The van der Waals surface area contributed by atoms with Crippen molar-refractivity contribution in [2.75, 3.05) is 7.11 Å². The van der Waals surface area contributed by atoms with E-state index in [-0.39, 0.29) is 5.69 Å². The van der Waals surface area contributed by atoms with E-state index in [1.807, 2.05) is 28.7 Å². The van der Waals surface area contributed by atoms with Gasteiger partial charge < -0.3 is 4.74 Å². The molecular formula is C14H10INO4S. The summed E-state index contributed by atoms with van der Waals surface area (Å²) in [6.07, 6.45) is 0. The van der Waals surface area contributed by atoms with Gasteiger partial charge in [-0.2, -0.15) is 0 Å². The Morgan fingerprint density at radius 2 is 1.81 bits per heavy atom. The van der Waals surface area contributed by atoms with Crippen molar-refractivity contribution in [3.63, 3.8) is 0 Å². The first-order chi connectivity index (χ1) is 10.0. The molecule has 0 radical (unpaired) electrons. The first-order valence-electron chi connectivity index (χ1n) is 5.81. The second kappa shape index (κ2) is 6.90. The molecule has 0 aromatic heterocycles. The Kier molecular flexibility index (Phi) is 5.18. The lowest BCUT2D eigenvalue weighted by Gasteiger charge is -2.04. The highest BCUT2D eigenvalue weighted by Gasteiger charge is 2.13. The number of hydrogen-bond acceptors (Lipinski definition) is 5. The lowest BCUT2D eigenvalue weighted by Crippen LogP contribution is -2.00. The normalized spacial score (nSPS) is 10.2. The predicted molar refractivity (Wildman–Crippen MR) is 87.7 cm³/mol. The number of rotatable bonds is 4. The first kappa shape index (κ1) is 15.8. The van der Waals surface area contributed by atoms with Crippen LogP contribution >= 0.6 is 34.4 Å². The van der Waals surface area contributed by atoms with E-state index < -0.39 is 10.9 Å². The fourth-order valence-corrected chi connectivity index (χ4v) is 2.99. The third-order valence-electron chi connectivity index (χ3n) is 2.63. The minimum Gasteiger partial charge on any atom is -0.465 e. The van der Waals surface area contributed by atoms with Gasteiger partial charge in [0, 0.05) is 15.9 Å². The highest BCUT2D eigenvalue weighted by Crippen LogP contribution is 2.32. The number of nitro benzene ring substituents is 1. The number of carbonyl (C=O) groups excluding carboxylic acids is 1. The molecule has 0 amide bonds. The lowest BCUT2D eigenvalue weighted by molar-refractivity contribution is -0.386. The zero-order valence-corrected chi connectivity index (χ0v) is 13.9. The predicted octanol–water partition coefficient (Wildman–Crippen LogP) is 4.14. The Bertz CT molecular complexity index is 688. The van der Waals surface area contributed by atoms with E-state index in [1.54, 1.807) is 36.4 Å². The molecule has 2 aromatic rings. The average Bonchev–Trinajstić information content (AvgIpc) is 2.49. The van der Waals surface area contributed by atoms with E-state index in [9.17, 15) is 14.9 Å². The van der Waals surface area contributed by atoms with Gasteiger partial charge in [0.2, 0.25) is 0 Å². The summed E-state index contributed by atoms with van der Waals surface area (Å²) in [5.74, 6) is -0.392. The Morgan fingerprint density at radius 1 is 1.19 bits per heavy atom. The number of carbonyl (C=O) groups is 1. The Balaban J connectivity index is 2.20. The number of nitrogens with zero attached hydrogens (tertiary/aromatic N) is 1. The summed E-state index contributed by atoms with van der Waals surface area (Å²) in [7, 11) is 1.33. The van der Waals surface area contributed by atoms with Crippen molar-refractivity contribution in [2.24, 2.45) is 0 Å². The van der Waals surface area contributed by atoms with Crippen molar-refractivity contribution in [3.8, 4) is 0 Å². The Labute approximate surface area is 139 Å². The van der Waals surface area contributed by atoms with Crippen LogP contribution in [0.25, 0.3) is 0 Å². The SMILES string of the molecule is COC(=O)c1ccc(Sc2ccc(I)c([N+](=O)[O-])c2)cc1. The summed E-state index contributed by atoms with van der Waals surface area (Å²) in [6, 6.07) is 12.0. The van der Waals surface area contributed by atoms with Crippen LogP contribution in [-0.2, 0) is 4.74 Å². The van der Waals surface area contributed by atoms with E-state index in [0.29, 0.717) is 9.13 Å². The maximum Gasteiger partial charge on any atom is 0.337 e. The largest absolute Gasteiger partial charge is 0.465 e. The summed E-state index contributed by atoms with van der Waals surface area (Å²) in [5.41, 5.74) is 0.558. The molecular weight excluding hydrogens is 405 g/mol. The molecule has 0 atom stereocenters. The second-order valence-electron chi connectivity index (χ2n) is 3.99. The summed E-state index contributed by atoms with van der Waals surface area (Å²) < 4.78 is 5.23. The van der Waals surface area contributed by atoms with Crippen LogP contribution in [0.2, 0.25) is 0 Å². The van der Waals surface area contributed by atoms with Crippen LogP contribution in [-0.4, -0.2) is 18.0 Å². The smallest absolute Gasteiger partial charge is 0.337 e. The number of methoxy groups -OCH3 is 1. The summed E-state index contributed by atoms with van der Waals surface area (Å²) in [6.45, 7) is 0.